The monoisotopic (exact) mass is 446 g/mol. The topological polar surface area (TPSA) is 57.6 Å². The van der Waals surface area contributed by atoms with Crippen molar-refractivity contribution in [3.63, 3.8) is 0 Å². The lowest BCUT2D eigenvalue weighted by Crippen LogP contribution is -2.48. The molecule has 1 aromatic carbocycles. The molecule has 176 valence electrons. The molecule has 1 aliphatic heterocycles. The highest BCUT2D eigenvalue weighted by atomic mass is 16.2. The van der Waals surface area contributed by atoms with E-state index in [0.717, 1.165) is 51.4 Å². The molecule has 1 unspecified atom stereocenters. The van der Waals surface area contributed by atoms with E-state index in [1.54, 1.807) is 0 Å². The molecule has 1 amide bonds. The first-order chi connectivity index (χ1) is 16.2. The van der Waals surface area contributed by atoms with E-state index >= 15 is 0 Å². The Bertz CT molecular complexity index is 895. The minimum Gasteiger partial charge on any atom is -0.341 e. The van der Waals surface area contributed by atoms with Crippen molar-refractivity contribution in [1.29, 1.82) is 0 Å². The van der Waals surface area contributed by atoms with Crippen molar-refractivity contribution in [2.45, 2.75) is 69.9 Å². The number of aromatic nitrogens is 1. The van der Waals surface area contributed by atoms with Crippen LogP contribution in [-0.2, 0) is 17.6 Å². The molecule has 1 N–H and O–H groups in total. The van der Waals surface area contributed by atoms with Crippen molar-refractivity contribution < 1.29 is 4.79 Å². The highest BCUT2D eigenvalue weighted by molar-refractivity contribution is 5.82. The zero-order chi connectivity index (χ0) is 23.3. The minimum atomic E-state index is -0.214. The number of benzene rings is 1. The molecule has 0 fully saturated rings. The van der Waals surface area contributed by atoms with Gasteiger partial charge in [0, 0.05) is 37.9 Å². The largest absolute Gasteiger partial charge is 0.341 e. The molecule has 0 saturated carbocycles. The molecule has 0 radical (unpaired) electrons. The lowest BCUT2D eigenvalue weighted by Gasteiger charge is -2.32. The molecule has 1 aliphatic rings. The molecule has 0 spiro atoms. The average molecular weight is 447 g/mol. The van der Waals surface area contributed by atoms with Crippen LogP contribution in [0, 0.1) is 0 Å². The summed E-state index contributed by atoms with van der Waals surface area (Å²) >= 11 is 0. The predicted octanol–water partition coefficient (Wildman–Crippen LogP) is 4.98. The summed E-state index contributed by atoms with van der Waals surface area (Å²) in [4.78, 5) is 24.0. The second-order valence-electron chi connectivity index (χ2n) is 8.94. The Morgan fingerprint density at radius 2 is 1.82 bits per heavy atom. The van der Waals surface area contributed by atoms with Gasteiger partial charge in [0.2, 0.25) is 5.91 Å². The summed E-state index contributed by atoms with van der Waals surface area (Å²) in [5.74, 6) is 0.175. The Labute approximate surface area is 199 Å². The van der Waals surface area contributed by atoms with Gasteiger partial charge in [-0.2, -0.15) is 0 Å². The lowest BCUT2D eigenvalue weighted by molar-refractivity contribution is -0.134. The van der Waals surface area contributed by atoms with Gasteiger partial charge in [-0.1, -0.05) is 42.0 Å². The Hall–Kier alpha value is -2.79. The number of carbonyl (C=O) groups is 1. The summed E-state index contributed by atoms with van der Waals surface area (Å²) in [6.45, 7) is 0. The van der Waals surface area contributed by atoms with E-state index in [-0.39, 0.29) is 18.0 Å². The van der Waals surface area contributed by atoms with Gasteiger partial charge in [0.05, 0.1) is 6.04 Å². The van der Waals surface area contributed by atoms with Crippen molar-refractivity contribution in [2.24, 2.45) is 4.99 Å². The summed E-state index contributed by atoms with van der Waals surface area (Å²) in [5.41, 5.74) is 3.86. The number of hydrogen-bond acceptors (Lipinski definition) is 4. The molecule has 0 saturated heterocycles. The van der Waals surface area contributed by atoms with E-state index in [4.69, 9.17) is 0 Å². The van der Waals surface area contributed by atoms with E-state index in [0.29, 0.717) is 6.42 Å². The second kappa shape index (κ2) is 13.7. The first-order valence-electron chi connectivity index (χ1n) is 12.2. The molecule has 1 aromatic heterocycles. The number of likely N-dealkylation sites (N-methyl/N-ethyl adjacent to an activating group) is 2. The number of amides is 1. The maximum Gasteiger partial charge on any atom is 0.240 e. The first kappa shape index (κ1) is 24.8. The van der Waals surface area contributed by atoms with Crippen LogP contribution in [0.2, 0.25) is 0 Å². The van der Waals surface area contributed by atoms with E-state index in [1.165, 1.54) is 16.7 Å². The van der Waals surface area contributed by atoms with Crippen LogP contribution in [-0.4, -0.2) is 48.2 Å². The highest BCUT2D eigenvalue weighted by Gasteiger charge is 2.26. The van der Waals surface area contributed by atoms with Gasteiger partial charge in [0.1, 0.15) is 0 Å². The number of allylic oxidation sites excluding steroid dienone is 1. The second-order valence-corrected chi connectivity index (χ2v) is 8.94. The standard InChI is InChI=1S/C28H38N4O/c1-29-27(20-23-10-4-3-5-11-23)28(33)32(2)26(16-6-12-24-14-8-18-30-21-24)17-7-13-25-15-9-19-31-22-25/h3-5,8,10-11,14,18-19,21-22,26-27,29H,6-7,9,12-13,15-17,20H2,1-2H3/t26?,27-/m0/s1. The molecule has 5 heteroatoms. The van der Waals surface area contributed by atoms with E-state index in [1.807, 2.05) is 68.1 Å². The fourth-order valence-electron chi connectivity index (χ4n) is 4.51. The molecule has 0 bridgehead atoms. The van der Waals surface area contributed by atoms with Gasteiger partial charge in [-0.25, -0.2) is 0 Å². The fourth-order valence-corrected chi connectivity index (χ4v) is 4.51. The summed E-state index contributed by atoms with van der Waals surface area (Å²) in [5, 5.41) is 3.25. The normalized spacial score (nSPS) is 15.0. The fraction of sp³-hybridized carbons (Fsp3) is 0.464. The molecule has 2 aromatic rings. The van der Waals surface area contributed by atoms with Crippen LogP contribution in [0.1, 0.15) is 56.1 Å². The van der Waals surface area contributed by atoms with Gasteiger partial charge < -0.3 is 10.2 Å². The maximum absolute atomic E-state index is 13.4. The van der Waals surface area contributed by atoms with E-state index in [9.17, 15) is 4.79 Å². The van der Waals surface area contributed by atoms with Crippen LogP contribution >= 0.6 is 0 Å². The third-order valence-corrected chi connectivity index (χ3v) is 6.54. The molecule has 0 aliphatic carbocycles. The van der Waals surface area contributed by atoms with Crippen LogP contribution in [0.5, 0.6) is 0 Å². The summed E-state index contributed by atoms with van der Waals surface area (Å²) in [6, 6.07) is 14.4. The Balaban J connectivity index is 1.60. The molecule has 5 nitrogen and oxygen atoms in total. The molecule has 2 atom stereocenters. The SMILES string of the molecule is CN[C@@H](Cc1ccccc1)C(=O)N(C)C(CCCC1=CN=CCC1)CCCc1cccnc1. The molecular weight excluding hydrogens is 408 g/mol. The Morgan fingerprint density at radius 3 is 2.48 bits per heavy atom. The molecular formula is C28H38N4O. The zero-order valence-electron chi connectivity index (χ0n) is 20.1. The molecule has 3 rings (SSSR count). The highest BCUT2D eigenvalue weighted by Crippen LogP contribution is 2.21. The third-order valence-electron chi connectivity index (χ3n) is 6.54. The number of pyridine rings is 1. The minimum absolute atomic E-state index is 0.175. The quantitative estimate of drug-likeness (QED) is 0.472. The first-order valence-corrected chi connectivity index (χ1v) is 12.2. The van der Waals surface area contributed by atoms with Crippen molar-refractivity contribution in [3.8, 4) is 0 Å². The number of rotatable bonds is 13. The van der Waals surface area contributed by atoms with Crippen LogP contribution in [0.25, 0.3) is 0 Å². The van der Waals surface area contributed by atoms with Crippen molar-refractivity contribution in [2.75, 3.05) is 14.1 Å². The number of carbonyl (C=O) groups excluding carboxylic acids is 1. The zero-order valence-corrected chi connectivity index (χ0v) is 20.1. The van der Waals surface area contributed by atoms with E-state index in [2.05, 4.69) is 33.5 Å². The van der Waals surface area contributed by atoms with Crippen molar-refractivity contribution >= 4 is 12.1 Å². The van der Waals surface area contributed by atoms with Gasteiger partial charge in [-0.05, 0) is 82.0 Å². The number of hydrogen-bond donors (Lipinski definition) is 1. The lowest BCUT2D eigenvalue weighted by atomic mass is 9.96. The van der Waals surface area contributed by atoms with Gasteiger partial charge in [-0.15, -0.1) is 0 Å². The number of nitrogens with zero attached hydrogens (tertiary/aromatic N) is 3. The predicted molar refractivity (Wildman–Crippen MR) is 136 cm³/mol. The number of aryl methyl sites for hydroxylation is 1. The summed E-state index contributed by atoms with van der Waals surface area (Å²) in [6.07, 6.45) is 16.8. The van der Waals surface area contributed by atoms with Crippen LogP contribution < -0.4 is 5.32 Å². The van der Waals surface area contributed by atoms with Gasteiger partial charge in [-0.3, -0.25) is 14.8 Å². The van der Waals surface area contributed by atoms with Gasteiger partial charge >= 0.3 is 0 Å². The van der Waals surface area contributed by atoms with Gasteiger partial charge in [0.25, 0.3) is 0 Å². The van der Waals surface area contributed by atoms with E-state index < -0.39 is 0 Å². The van der Waals surface area contributed by atoms with Crippen molar-refractivity contribution in [1.82, 2.24) is 15.2 Å². The third kappa shape index (κ3) is 8.25. The summed E-state index contributed by atoms with van der Waals surface area (Å²) in [7, 11) is 3.86. The van der Waals surface area contributed by atoms with Crippen LogP contribution in [0.3, 0.4) is 0 Å². The molecule has 2 heterocycles. The number of aliphatic imine (C=N–C) groups is 1. The Morgan fingerprint density at radius 1 is 1.06 bits per heavy atom. The van der Waals surface area contributed by atoms with Crippen LogP contribution in [0.4, 0.5) is 0 Å². The van der Waals surface area contributed by atoms with Crippen LogP contribution in [0.15, 0.2) is 71.6 Å². The number of nitrogens with one attached hydrogen (secondary N) is 1. The smallest absolute Gasteiger partial charge is 0.240 e. The van der Waals surface area contributed by atoms with Gasteiger partial charge in [0.15, 0.2) is 0 Å². The molecule has 33 heavy (non-hydrogen) atoms. The average Bonchev–Trinajstić information content (AvgIpc) is 2.87. The van der Waals surface area contributed by atoms with Crippen molar-refractivity contribution in [3.05, 3.63) is 77.8 Å². The Kier molecular flexibility index (Phi) is 10.3. The summed E-state index contributed by atoms with van der Waals surface area (Å²) < 4.78 is 0. The maximum atomic E-state index is 13.4.